The number of aromatic nitrogens is 1. The number of thioether (sulfide) groups is 1. The standard InChI is InChI=1S/C13H13ClN2OS2/c1-9-3-2-6-15-13(9)16-12(17)8-18-7-10-4-5-11(14)19-10/h2-6H,7-8H2,1H3,(H,15,16,17). The van der Waals surface area contributed by atoms with E-state index in [0.717, 1.165) is 15.7 Å². The Hall–Kier alpha value is -1.04. The normalized spacial score (nSPS) is 10.4. The molecule has 0 bridgehead atoms. The molecule has 2 aromatic heterocycles. The fraction of sp³-hybridized carbons (Fsp3) is 0.231. The van der Waals surface area contributed by atoms with Crippen LogP contribution < -0.4 is 5.32 Å². The maximum atomic E-state index is 11.8. The summed E-state index contributed by atoms with van der Waals surface area (Å²) in [6.45, 7) is 1.92. The number of hydrogen-bond acceptors (Lipinski definition) is 4. The average molecular weight is 313 g/mol. The Morgan fingerprint density at radius 2 is 2.32 bits per heavy atom. The second-order valence-corrected chi connectivity index (χ2v) is 6.70. The molecular weight excluding hydrogens is 300 g/mol. The van der Waals surface area contributed by atoms with Gasteiger partial charge in [-0.15, -0.1) is 23.1 Å². The summed E-state index contributed by atoms with van der Waals surface area (Å²) in [5.41, 5.74) is 0.964. The number of nitrogens with zero attached hydrogens (tertiary/aromatic N) is 1. The van der Waals surface area contributed by atoms with E-state index < -0.39 is 0 Å². The summed E-state index contributed by atoms with van der Waals surface area (Å²) in [6, 6.07) is 7.63. The molecule has 0 spiro atoms. The molecule has 0 radical (unpaired) electrons. The molecular formula is C13H13ClN2OS2. The minimum Gasteiger partial charge on any atom is -0.310 e. The molecule has 0 aromatic carbocycles. The Morgan fingerprint density at radius 1 is 1.47 bits per heavy atom. The van der Waals surface area contributed by atoms with Crippen LogP contribution in [-0.2, 0) is 10.5 Å². The number of pyridine rings is 1. The van der Waals surface area contributed by atoms with E-state index in [2.05, 4.69) is 10.3 Å². The molecule has 1 amide bonds. The smallest absolute Gasteiger partial charge is 0.235 e. The van der Waals surface area contributed by atoms with E-state index in [4.69, 9.17) is 11.6 Å². The van der Waals surface area contributed by atoms with Gasteiger partial charge in [0.2, 0.25) is 5.91 Å². The SMILES string of the molecule is Cc1cccnc1NC(=O)CSCc1ccc(Cl)s1. The van der Waals surface area contributed by atoms with Crippen LogP contribution >= 0.6 is 34.7 Å². The molecule has 0 saturated heterocycles. The molecule has 100 valence electrons. The molecule has 2 aromatic rings. The second kappa shape index (κ2) is 6.93. The third-order valence-corrected chi connectivity index (χ3v) is 4.77. The van der Waals surface area contributed by atoms with Crippen molar-refractivity contribution in [2.45, 2.75) is 12.7 Å². The van der Waals surface area contributed by atoms with Crippen LogP contribution in [0.5, 0.6) is 0 Å². The van der Waals surface area contributed by atoms with E-state index >= 15 is 0 Å². The van der Waals surface area contributed by atoms with Crippen LogP contribution in [0.3, 0.4) is 0 Å². The highest BCUT2D eigenvalue weighted by Gasteiger charge is 2.06. The maximum Gasteiger partial charge on any atom is 0.235 e. The lowest BCUT2D eigenvalue weighted by Gasteiger charge is -2.06. The van der Waals surface area contributed by atoms with Gasteiger partial charge in [-0.3, -0.25) is 4.79 Å². The van der Waals surface area contributed by atoms with Gasteiger partial charge < -0.3 is 5.32 Å². The number of carbonyl (C=O) groups is 1. The molecule has 1 N–H and O–H groups in total. The molecule has 3 nitrogen and oxygen atoms in total. The molecule has 6 heteroatoms. The molecule has 0 fully saturated rings. The highest BCUT2D eigenvalue weighted by atomic mass is 35.5. The van der Waals surface area contributed by atoms with Gasteiger partial charge in [0.15, 0.2) is 0 Å². The monoisotopic (exact) mass is 312 g/mol. The Labute approximate surface area is 125 Å². The van der Waals surface area contributed by atoms with Gasteiger partial charge >= 0.3 is 0 Å². The van der Waals surface area contributed by atoms with Crippen LogP contribution in [0.25, 0.3) is 0 Å². The molecule has 0 unspecified atom stereocenters. The molecule has 0 aliphatic heterocycles. The number of aryl methyl sites for hydroxylation is 1. The highest BCUT2D eigenvalue weighted by Crippen LogP contribution is 2.25. The van der Waals surface area contributed by atoms with Crippen LogP contribution in [0.1, 0.15) is 10.4 Å². The van der Waals surface area contributed by atoms with Gasteiger partial charge in [-0.25, -0.2) is 4.98 Å². The third kappa shape index (κ3) is 4.53. The third-order valence-electron chi connectivity index (χ3n) is 2.37. The lowest BCUT2D eigenvalue weighted by atomic mass is 10.3. The van der Waals surface area contributed by atoms with E-state index in [1.54, 1.807) is 29.3 Å². The van der Waals surface area contributed by atoms with Crippen LogP contribution in [0.15, 0.2) is 30.5 Å². The Morgan fingerprint density at radius 3 is 3.00 bits per heavy atom. The largest absolute Gasteiger partial charge is 0.310 e. The van der Waals surface area contributed by atoms with Gasteiger partial charge in [0.05, 0.1) is 10.1 Å². The summed E-state index contributed by atoms with van der Waals surface area (Å²) in [4.78, 5) is 17.1. The van der Waals surface area contributed by atoms with Crippen LogP contribution in [-0.4, -0.2) is 16.6 Å². The van der Waals surface area contributed by atoms with Crippen molar-refractivity contribution in [3.05, 3.63) is 45.2 Å². The summed E-state index contributed by atoms with van der Waals surface area (Å²) in [7, 11) is 0. The van der Waals surface area contributed by atoms with Crippen molar-refractivity contribution < 1.29 is 4.79 Å². The lowest BCUT2D eigenvalue weighted by molar-refractivity contribution is -0.113. The second-order valence-electron chi connectivity index (χ2n) is 3.92. The molecule has 0 aliphatic carbocycles. The van der Waals surface area contributed by atoms with Crippen molar-refractivity contribution >= 4 is 46.4 Å². The first-order valence-corrected chi connectivity index (χ1v) is 8.03. The van der Waals surface area contributed by atoms with Crippen molar-refractivity contribution in [3.8, 4) is 0 Å². The number of rotatable bonds is 5. The Bertz CT molecular complexity index is 571. The number of nitrogens with one attached hydrogen (secondary N) is 1. The number of halogens is 1. The van der Waals surface area contributed by atoms with Crippen LogP contribution in [0, 0.1) is 6.92 Å². The van der Waals surface area contributed by atoms with E-state index in [0.29, 0.717) is 11.6 Å². The molecule has 2 rings (SSSR count). The van der Waals surface area contributed by atoms with Crippen LogP contribution in [0.4, 0.5) is 5.82 Å². The zero-order valence-electron chi connectivity index (χ0n) is 10.4. The molecule has 0 saturated carbocycles. The van der Waals surface area contributed by atoms with Crippen molar-refractivity contribution in [3.63, 3.8) is 0 Å². The van der Waals surface area contributed by atoms with Gasteiger partial charge in [0.1, 0.15) is 5.82 Å². The van der Waals surface area contributed by atoms with E-state index in [1.807, 2.05) is 31.2 Å². The van der Waals surface area contributed by atoms with Gasteiger partial charge in [0, 0.05) is 16.8 Å². The van der Waals surface area contributed by atoms with Crippen molar-refractivity contribution in [1.82, 2.24) is 4.98 Å². The molecule has 19 heavy (non-hydrogen) atoms. The Balaban J connectivity index is 1.77. The molecule has 0 aliphatic rings. The minimum absolute atomic E-state index is 0.0329. The summed E-state index contributed by atoms with van der Waals surface area (Å²) in [5.74, 6) is 1.80. The van der Waals surface area contributed by atoms with Crippen molar-refractivity contribution in [1.29, 1.82) is 0 Å². The summed E-state index contributed by atoms with van der Waals surface area (Å²) in [5, 5.41) is 2.81. The minimum atomic E-state index is -0.0329. The fourth-order valence-corrected chi connectivity index (χ4v) is 3.48. The predicted molar refractivity (Wildman–Crippen MR) is 83.1 cm³/mol. The summed E-state index contributed by atoms with van der Waals surface area (Å²) in [6.07, 6.45) is 1.67. The average Bonchev–Trinajstić information content (AvgIpc) is 2.78. The Kier molecular flexibility index (Phi) is 5.24. The lowest BCUT2D eigenvalue weighted by Crippen LogP contribution is -2.15. The van der Waals surface area contributed by atoms with Crippen molar-refractivity contribution in [2.75, 3.05) is 11.1 Å². The number of thiophene rings is 1. The van der Waals surface area contributed by atoms with E-state index in [-0.39, 0.29) is 5.91 Å². The highest BCUT2D eigenvalue weighted by molar-refractivity contribution is 7.99. The molecule has 2 heterocycles. The number of hydrogen-bond donors (Lipinski definition) is 1. The molecule has 0 atom stereocenters. The van der Waals surface area contributed by atoms with E-state index in [1.165, 1.54) is 4.88 Å². The van der Waals surface area contributed by atoms with Gasteiger partial charge in [-0.1, -0.05) is 17.7 Å². The number of amides is 1. The van der Waals surface area contributed by atoms with Crippen LogP contribution in [0.2, 0.25) is 4.34 Å². The zero-order valence-corrected chi connectivity index (χ0v) is 12.7. The fourth-order valence-electron chi connectivity index (χ4n) is 1.46. The first-order valence-electron chi connectivity index (χ1n) is 5.68. The topological polar surface area (TPSA) is 42.0 Å². The summed E-state index contributed by atoms with van der Waals surface area (Å²) >= 11 is 8.96. The quantitative estimate of drug-likeness (QED) is 0.908. The van der Waals surface area contributed by atoms with Gasteiger partial charge in [-0.2, -0.15) is 0 Å². The predicted octanol–water partition coefficient (Wildman–Crippen LogP) is 3.98. The maximum absolute atomic E-state index is 11.8. The van der Waals surface area contributed by atoms with Gasteiger partial charge in [0.25, 0.3) is 0 Å². The van der Waals surface area contributed by atoms with Gasteiger partial charge in [-0.05, 0) is 30.7 Å². The zero-order chi connectivity index (χ0) is 13.7. The summed E-state index contributed by atoms with van der Waals surface area (Å²) < 4.78 is 0.782. The first kappa shape index (κ1) is 14.4. The first-order chi connectivity index (χ1) is 9.15. The number of carbonyl (C=O) groups excluding carboxylic acids is 1. The number of anilines is 1. The van der Waals surface area contributed by atoms with Crippen molar-refractivity contribution in [2.24, 2.45) is 0 Å². The van der Waals surface area contributed by atoms with E-state index in [9.17, 15) is 4.79 Å².